The summed E-state index contributed by atoms with van der Waals surface area (Å²) in [6, 6.07) is 17.6. The number of benzene rings is 2. The van der Waals surface area contributed by atoms with E-state index in [1.807, 2.05) is 77.3 Å². The molecule has 28 heavy (non-hydrogen) atoms. The fourth-order valence-corrected chi connectivity index (χ4v) is 3.84. The van der Waals surface area contributed by atoms with Crippen LogP contribution in [-0.4, -0.2) is 25.8 Å². The molecule has 2 aliphatic heterocycles. The first-order valence-corrected chi connectivity index (χ1v) is 9.58. The molecule has 0 fully saturated rings. The van der Waals surface area contributed by atoms with Crippen LogP contribution in [0, 0.1) is 6.92 Å². The van der Waals surface area contributed by atoms with Gasteiger partial charge in [0.2, 0.25) is 0 Å². The van der Waals surface area contributed by atoms with E-state index in [0.29, 0.717) is 16.0 Å². The Labute approximate surface area is 172 Å². The van der Waals surface area contributed by atoms with Gasteiger partial charge in [-0.05, 0) is 48.9 Å². The fourth-order valence-electron chi connectivity index (χ4n) is 3.57. The third-order valence-electron chi connectivity index (χ3n) is 4.81. The van der Waals surface area contributed by atoms with Crippen LogP contribution in [0.1, 0.15) is 22.9 Å². The number of nitrogens with zero attached hydrogens (tertiary/aromatic N) is 5. The highest BCUT2D eigenvalue weighted by molar-refractivity contribution is 6.68. The van der Waals surface area contributed by atoms with Gasteiger partial charge >= 0.3 is 0 Å². The second kappa shape index (κ2) is 6.62. The largest absolute Gasteiger partial charge is 0.234 e. The van der Waals surface area contributed by atoms with E-state index in [4.69, 9.17) is 33.3 Å². The summed E-state index contributed by atoms with van der Waals surface area (Å²) in [5.41, 5.74) is 3.89. The van der Waals surface area contributed by atoms with Crippen molar-refractivity contribution in [1.29, 1.82) is 0 Å². The van der Waals surface area contributed by atoms with Gasteiger partial charge in [-0.15, -0.1) is 0 Å². The summed E-state index contributed by atoms with van der Waals surface area (Å²) in [5, 5.41) is 12.3. The van der Waals surface area contributed by atoms with Crippen LogP contribution in [0.2, 0.25) is 5.02 Å². The second-order valence-corrected chi connectivity index (χ2v) is 7.42. The summed E-state index contributed by atoms with van der Waals surface area (Å²) in [7, 11) is 0. The van der Waals surface area contributed by atoms with Crippen LogP contribution in [-0.2, 0) is 0 Å². The van der Waals surface area contributed by atoms with Crippen molar-refractivity contribution in [2.75, 3.05) is 0 Å². The highest BCUT2D eigenvalue weighted by atomic mass is 35.5. The van der Waals surface area contributed by atoms with Gasteiger partial charge in [0.25, 0.3) is 0 Å². The summed E-state index contributed by atoms with van der Waals surface area (Å²) < 4.78 is 1.88. The maximum atomic E-state index is 6.21. The number of aromatic nitrogens is 2. The lowest BCUT2D eigenvalue weighted by atomic mass is 9.96. The van der Waals surface area contributed by atoms with Crippen LogP contribution in [0.4, 0.5) is 5.82 Å². The molecule has 138 valence electrons. The van der Waals surface area contributed by atoms with E-state index in [0.717, 1.165) is 28.3 Å². The van der Waals surface area contributed by atoms with Crippen LogP contribution in [0.25, 0.3) is 5.69 Å². The number of allylic oxidation sites excluding steroid dienone is 1. The number of aliphatic imine (C=N–C) groups is 1. The topological polar surface area (TPSA) is 45.8 Å². The monoisotopic (exact) mass is 407 g/mol. The summed E-state index contributed by atoms with van der Waals surface area (Å²) in [4.78, 5) is 4.86. The third-order valence-corrected chi connectivity index (χ3v) is 5.27. The Bertz CT molecular complexity index is 1140. The number of para-hydroxylation sites is 1. The summed E-state index contributed by atoms with van der Waals surface area (Å²) in [6.45, 7) is 1.99. The van der Waals surface area contributed by atoms with E-state index >= 15 is 0 Å². The third kappa shape index (κ3) is 2.75. The van der Waals surface area contributed by atoms with Crippen LogP contribution in [0.15, 0.2) is 76.8 Å². The van der Waals surface area contributed by atoms with Gasteiger partial charge in [0.05, 0.1) is 11.4 Å². The Kier molecular flexibility index (Phi) is 4.07. The number of halogens is 2. The molecule has 2 aliphatic rings. The molecular formula is C21H15Cl2N5. The number of hydrazone groups is 1. The zero-order valence-electron chi connectivity index (χ0n) is 14.9. The maximum absolute atomic E-state index is 6.21. The number of amidine groups is 1. The standard InChI is InChI=1S/C21H15Cl2N5/c1-13-19-20(14-7-9-15(22)10-8-14)28-18(12-11-17(23)26-28)24-21(19)27(25-13)16-5-3-2-4-6-16/h2-12,20H,1H3/t20-/m0/s1. The Morgan fingerprint density at radius 2 is 1.68 bits per heavy atom. The Morgan fingerprint density at radius 1 is 0.929 bits per heavy atom. The number of fused-ring (bicyclic) bond motifs is 2. The molecule has 0 spiro atoms. The molecule has 3 heterocycles. The van der Waals surface area contributed by atoms with E-state index in [2.05, 4.69) is 5.10 Å². The highest BCUT2D eigenvalue weighted by Gasteiger charge is 2.36. The molecular weight excluding hydrogens is 393 g/mol. The van der Waals surface area contributed by atoms with E-state index in [1.54, 1.807) is 6.08 Å². The molecule has 0 unspecified atom stereocenters. The van der Waals surface area contributed by atoms with Crippen molar-refractivity contribution in [1.82, 2.24) is 14.8 Å². The van der Waals surface area contributed by atoms with E-state index < -0.39 is 0 Å². The number of rotatable bonds is 2. The van der Waals surface area contributed by atoms with Gasteiger partial charge in [-0.1, -0.05) is 53.5 Å². The van der Waals surface area contributed by atoms with Crippen LogP contribution >= 0.6 is 23.2 Å². The van der Waals surface area contributed by atoms with Gasteiger partial charge in [0, 0.05) is 10.6 Å². The first kappa shape index (κ1) is 17.2. The molecule has 5 nitrogen and oxygen atoms in total. The maximum Gasteiger partial charge on any atom is 0.164 e. The molecule has 1 atom stereocenters. The van der Waals surface area contributed by atoms with Crippen molar-refractivity contribution in [3.05, 3.63) is 88.6 Å². The van der Waals surface area contributed by atoms with Crippen molar-refractivity contribution < 1.29 is 0 Å². The number of hydrogen-bond acceptors (Lipinski definition) is 4. The minimum absolute atomic E-state index is 0.198. The van der Waals surface area contributed by atoms with Crippen molar-refractivity contribution >= 4 is 40.0 Å². The molecule has 2 aromatic carbocycles. The first-order chi connectivity index (χ1) is 13.6. The Hall–Kier alpha value is -2.89. The molecule has 7 heteroatoms. The molecule has 0 radical (unpaired) electrons. The minimum Gasteiger partial charge on any atom is -0.234 e. The smallest absolute Gasteiger partial charge is 0.164 e. The SMILES string of the molecule is Cc1nn(-c2ccccc2)c2c1[C@H](c1ccc(Cl)cc1)N1N=C(Cl)C=CC1=N2. The number of hydrogen-bond donors (Lipinski definition) is 0. The molecule has 0 saturated heterocycles. The molecule has 0 bridgehead atoms. The second-order valence-electron chi connectivity index (χ2n) is 6.59. The lowest BCUT2D eigenvalue weighted by Crippen LogP contribution is -2.35. The van der Waals surface area contributed by atoms with E-state index in [-0.39, 0.29) is 6.04 Å². The predicted molar refractivity (Wildman–Crippen MR) is 113 cm³/mol. The molecule has 0 N–H and O–H groups in total. The van der Waals surface area contributed by atoms with Crippen LogP contribution < -0.4 is 0 Å². The van der Waals surface area contributed by atoms with Crippen LogP contribution in [0.3, 0.4) is 0 Å². The molecule has 0 amide bonds. The van der Waals surface area contributed by atoms with Gasteiger partial charge < -0.3 is 0 Å². The lowest BCUT2D eigenvalue weighted by molar-refractivity contribution is 0.371. The van der Waals surface area contributed by atoms with E-state index in [1.165, 1.54) is 0 Å². The quantitative estimate of drug-likeness (QED) is 0.571. The number of aryl methyl sites for hydroxylation is 1. The van der Waals surface area contributed by atoms with Crippen molar-refractivity contribution in [3.8, 4) is 5.69 Å². The fraction of sp³-hybridized carbons (Fsp3) is 0.0952. The minimum atomic E-state index is -0.198. The summed E-state index contributed by atoms with van der Waals surface area (Å²) >= 11 is 12.3. The van der Waals surface area contributed by atoms with Gasteiger partial charge in [-0.2, -0.15) is 10.2 Å². The normalized spacial score (nSPS) is 17.7. The zero-order chi connectivity index (χ0) is 19.3. The van der Waals surface area contributed by atoms with Gasteiger partial charge in [0.15, 0.2) is 11.7 Å². The average molecular weight is 408 g/mol. The summed E-state index contributed by atoms with van der Waals surface area (Å²) in [6.07, 6.45) is 3.62. The van der Waals surface area contributed by atoms with Gasteiger partial charge in [-0.25, -0.2) is 14.7 Å². The first-order valence-electron chi connectivity index (χ1n) is 8.82. The van der Waals surface area contributed by atoms with Crippen molar-refractivity contribution in [2.24, 2.45) is 10.1 Å². The zero-order valence-corrected chi connectivity index (χ0v) is 16.4. The Morgan fingerprint density at radius 3 is 2.43 bits per heavy atom. The van der Waals surface area contributed by atoms with Gasteiger partial charge in [-0.3, -0.25) is 0 Å². The van der Waals surface area contributed by atoms with Crippen molar-refractivity contribution in [3.63, 3.8) is 0 Å². The average Bonchev–Trinajstić information content (AvgIpc) is 3.04. The predicted octanol–water partition coefficient (Wildman–Crippen LogP) is 5.39. The molecule has 0 saturated carbocycles. The van der Waals surface area contributed by atoms with Crippen LogP contribution in [0.5, 0.6) is 0 Å². The molecule has 3 aromatic rings. The van der Waals surface area contributed by atoms with E-state index in [9.17, 15) is 0 Å². The summed E-state index contributed by atoms with van der Waals surface area (Å²) in [5.74, 6) is 1.52. The molecule has 0 aliphatic carbocycles. The van der Waals surface area contributed by atoms with Crippen molar-refractivity contribution in [2.45, 2.75) is 13.0 Å². The van der Waals surface area contributed by atoms with Gasteiger partial charge in [0.1, 0.15) is 11.2 Å². The Balaban J connectivity index is 1.76. The molecule has 5 rings (SSSR count). The molecule has 1 aromatic heterocycles. The highest BCUT2D eigenvalue weighted by Crippen LogP contribution is 2.43. The lowest BCUT2D eigenvalue weighted by Gasteiger charge is -2.34.